The molecule has 2 aromatic carbocycles. The Bertz CT molecular complexity index is 875. The second kappa shape index (κ2) is 8.67. The highest BCUT2D eigenvalue weighted by Crippen LogP contribution is 2.21. The maximum atomic E-state index is 12.7. The lowest BCUT2D eigenvalue weighted by Crippen LogP contribution is -2.36. The van der Waals surface area contributed by atoms with Gasteiger partial charge in [-0.2, -0.15) is 0 Å². The molecule has 1 atom stereocenters. The Kier molecular flexibility index (Phi) is 6.29. The normalized spacial score (nSPS) is 16.6. The number of hydrogen-bond acceptors (Lipinski definition) is 3. The first kappa shape index (κ1) is 19.6. The molecular weight excluding hydrogens is 360 g/mol. The summed E-state index contributed by atoms with van der Waals surface area (Å²) in [5.41, 5.74) is 1.33. The number of rotatable bonds is 6. The van der Waals surface area contributed by atoms with Crippen molar-refractivity contribution in [3.05, 3.63) is 65.7 Å². The number of benzene rings is 2. The molecule has 6 heteroatoms. The summed E-state index contributed by atoms with van der Waals surface area (Å²) in [6.45, 7) is 1.90. The molecule has 0 radical (unpaired) electrons. The molecule has 5 nitrogen and oxygen atoms in total. The molecule has 144 valence electrons. The van der Waals surface area contributed by atoms with E-state index in [1.165, 1.54) is 12.1 Å². The van der Waals surface area contributed by atoms with Crippen molar-refractivity contribution >= 4 is 15.9 Å². The van der Waals surface area contributed by atoms with Gasteiger partial charge >= 0.3 is 0 Å². The minimum absolute atomic E-state index is 0.0145. The third-order valence-electron chi connectivity index (χ3n) is 4.98. The van der Waals surface area contributed by atoms with Gasteiger partial charge in [-0.1, -0.05) is 55.7 Å². The molecule has 1 unspecified atom stereocenters. The lowest BCUT2D eigenvalue weighted by atomic mass is 9.96. The van der Waals surface area contributed by atoms with E-state index in [1.807, 2.05) is 37.3 Å². The second-order valence-electron chi connectivity index (χ2n) is 7.09. The summed E-state index contributed by atoms with van der Waals surface area (Å²) in [4.78, 5) is 12.7. The standard InChI is InChI=1S/C21H26N2O3S/c1-16(17-9-4-2-5-10-17)22-21(24)18-11-8-14-20(15-18)27(25,26)23-19-12-6-3-7-13-19/h2,4-5,8-11,14-16,19,23H,3,6-7,12-13H2,1H3,(H,22,24). The fourth-order valence-corrected chi connectivity index (χ4v) is 4.77. The van der Waals surface area contributed by atoms with Gasteiger partial charge in [0, 0.05) is 11.6 Å². The van der Waals surface area contributed by atoms with Gasteiger partial charge in [0.1, 0.15) is 0 Å². The minimum atomic E-state index is -3.63. The van der Waals surface area contributed by atoms with Gasteiger partial charge in [0.15, 0.2) is 0 Å². The van der Waals surface area contributed by atoms with Gasteiger partial charge in [-0.15, -0.1) is 0 Å². The van der Waals surface area contributed by atoms with Crippen molar-refractivity contribution in [2.45, 2.75) is 56.0 Å². The van der Waals surface area contributed by atoms with Gasteiger partial charge in [0.05, 0.1) is 10.9 Å². The Hall–Kier alpha value is -2.18. The Morgan fingerprint density at radius 1 is 1.00 bits per heavy atom. The maximum absolute atomic E-state index is 12.7. The van der Waals surface area contributed by atoms with Crippen LogP contribution in [-0.4, -0.2) is 20.4 Å². The average molecular weight is 387 g/mol. The topological polar surface area (TPSA) is 75.3 Å². The lowest BCUT2D eigenvalue weighted by molar-refractivity contribution is 0.0939. The summed E-state index contributed by atoms with van der Waals surface area (Å²) in [5, 5.41) is 2.92. The largest absolute Gasteiger partial charge is 0.346 e. The van der Waals surface area contributed by atoms with Crippen LogP contribution in [0.2, 0.25) is 0 Å². The van der Waals surface area contributed by atoms with Crippen LogP contribution in [0.1, 0.15) is 61.0 Å². The summed E-state index contributed by atoms with van der Waals surface area (Å²) in [6, 6.07) is 15.7. The zero-order valence-electron chi connectivity index (χ0n) is 15.5. The molecule has 2 aromatic rings. The van der Waals surface area contributed by atoms with Crippen LogP contribution in [0.5, 0.6) is 0 Å². The average Bonchev–Trinajstić information content (AvgIpc) is 2.69. The zero-order valence-corrected chi connectivity index (χ0v) is 16.3. The van der Waals surface area contributed by atoms with E-state index in [4.69, 9.17) is 0 Å². The molecule has 1 saturated carbocycles. The predicted octanol–water partition coefficient (Wildman–Crippen LogP) is 3.79. The van der Waals surface area contributed by atoms with Crippen molar-refractivity contribution in [3.8, 4) is 0 Å². The zero-order chi connectivity index (χ0) is 19.3. The Balaban J connectivity index is 1.71. The molecule has 3 rings (SSSR count). The van der Waals surface area contributed by atoms with Gasteiger partial charge in [0.2, 0.25) is 10.0 Å². The number of sulfonamides is 1. The van der Waals surface area contributed by atoms with Crippen molar-refractivity contribution in [3.63, 3.8) is 0 Å². The first-order valence-corrected chi connectivity index (χ1v) is 10.9. The van der Waals surface area contributed by atoms with Crippen molar-refractivity contribution in [1.82, 2.24) is 10.0 Å². The van der Waals surface area contributed by atoms with Crippen LogP contribution in [-0.2, 0) is 10.0 Å². The van der Waals surface area contributed by atoms with E-state index >= 15 is 0 Å². The molecule has 1 aliphatic carbocycles. The van der Waals surface area contributed by atoms with Crippen LogP contribution in [0.3, 0.4) is 0 Å². The monoisotopic (exact) mass is 386 g/mol. The van der Waals surface area contributed by atoms with E-state index in [0.717, 1.165) is 37.7 Å². The van der Waals surface area contributed by atoms with E-state index in [-0.39, 0.29) is 22.9 Å². The second-order valence-corrected chi connectivity index (χ2v) is 8.80. The SMILES string of the molecule is CC(NC(=O)c1cccc(S(=O)(=O)NC2CCCCC2)c1)c1ccccc1. The summed E-state index contributed by atoms with van der Waals surface area (Å²) < 4.78 is 28.1. The smallest absolute Gasteiger partial charge is 0.251 e. The molecule has 2 N–H and O–H groups in total. The molecule has 0 bridgehead atoms. The van der Waals surface area contributed by atoms with Crippen LogP contribution in [0.15, 0.2) is 59.5 Å². The van der Waals surface area contributed by atoms with Crippen molar-refractivity contribution in [2.75, 3.05) is 0 Å². The summed E-state index contributed by atoms with van der Waals surface area (Å²) in [6.07, 6.45) is 5.00. The first-order valence-electron chi connectivity index (χ1n) is 9.44. The van der Waals surface area contributed by atoms with E-state index in [9.17, 15) is 13.2 Å². The van der Waals surface area contributed by atoms with Crippen molar-refractivity contribution in [1.29, 1.82) is 0 Å². The highest BCUT2D eigenvalue weighted by Gasteiger charge is 2.23. The number of nitrogens with one attached hydrogen (secondary N) is 2. The molecule has 1 fully saturated rings. The molecule has 0 saturated heterocycles. The number of amides is 1. The van der Waals surface area contributed by atoms with Crippen LogP contribution in [0, 0.1) is 0 Å². The Morgan fingerprint density at radius 2 is 1.70 bits per heavy atom. The molecule has 0 aliphatic heterocycles. The molecule has 0 aromatic heterocycles. The van der Waals surface area contributed by atoms with Gasteiger partial charge in [-0.05, 0) is 43.5 Å². The minimum Gasteiger partial charge on any atom is -0.346 e. The molecule has 0 spiro atoms. The summed E-state index contributed by atoms with van der Waals surface area (Å²) in [5.74, 6) is -0.291. The predicted molar refractivity (Wildman–Crippen MR) is 106 cm³/mol. The van der Waals surface area contributed by atoms with Gasteiger partial charge in [-0.3, -0.25) is 4.79 Å². The van der Waals surface area contributed by atoms with E-state index < -0.39 is 10.0 Å². The van der Waals surface area contributed by atoms with Gasteiger partial charge in [0.25, 0.3) is 5.91 Å². The number of carbonyl (C=O) groups is 1. The van der Waals surface area contributed by atoms with Crippen molar-refractivity contribution < 1.29 is 13.2 Å². The lowest BCUT2D eigenvalue weighted by Gasteiger charge is -2.22. The first-order chi connectivity index (χ1) is 13.0. The van der Waals surface area contributed by atoms with Crippen LogP contribution in [0.25, 0.3) is 0 Å². The van der Waals surface area contributed by atoms with Crippen LogP contribution >= 0.6 is 0 Å². The summed E-state index contributed by atoms with van der Waals surface area (Å²) >= 11 is 0. The summed E-state index contributed by atoms with van der Waals surface area (Å²) in [7, 11) is -3.63. The molecule has 27 heavy (non-hydrogen) atoms. The highest BCUT2D eigenvalue weighted by atomic mass is 32.2. The fourth-order valence-electron chi connectivity index (χ4n) is 3.42. The van der Waals surface area contributed by atoms with Crippen LogP contribution in [0.4, 0.5) is 0 Å². The Morgan fingerprint density at radius 3 is 2.41 bits per heavy atom. The van der Waals surface area contributed by atoms with Crippen LogP contribution < -0.4 is 10.0 Å². The fraction of sp³-hybridized carbons (Fsp3) is 0.381. The molecule has 1 amide bonds. The van der Waals surface area contributed by atoms with E-state index in [2.05, 4.69) is 10.0 Å². The maximum Gasteiger partial charge on any atom is 0.251 e. The molecular formula is C21H26N2O3S. The molecule has 1 aliphatic rings. The van der Waals surface area contributed by atoms with E-state index in [1.54, 1.807) is 12.1 Å². The van der Waals surface area contributed by atoms with E-state index in [0.29, 0.717) is 5.56 Å². The Labute approximate surface area is 161 Å². The van der Waals surface area contributed by atoms with Crippen molar-refractivity contribution in [2.24, 2.45) is 0 Å². The quantitative estimate of drug-likeness (QED) is 0.793. The molecule has 0 heterocycles. The van der Waals surface area contributed by atoms with Gasteiger partial charge < -0.3 is 5.32 Å². The third-order valence-corrected chi connectivity index (χ3v) is 6.50. The number of carbonyl (C=O) groups excluding carboxylic acids is 1. The third kappa shape index (κ3) is 5.17. The van der Waals surface area contributed by atoms with Gasteiger partial charge in [-0.25, -0.2) is 13.1 Å². The number of hydrogen-bond donors (Lipinski definition) is 2. The highest BCUT2D eigenvalue weighted by molar-refractivity contribution is 7.89.